The van der Waals surface area contributed by atoms with Crippen molar-refractivity contribution in [2.75, 3.05) is 20.8 Å². The maximum Gasteiger partial charge on any atom is 0.161 e. The lowest BCUT2D eigenvalue weighted by Crippen LogP contribution is -2.10. The van der Waals surface area contributed by atoms with Gasteiger partial charge in [-0.1, -0.05) is 61.5 Å². The zero-order valence-electron chi connectivity index (χ0n) is 23.2. The third kappa shape index (κ3) is 5.78. The van der Waals surface area contributed by atoms with E-state index in [1.165, 1.54) is 21.9 Å². The van der Waals surface area contributed by atoms with Gasteiger partial charge < -0.3 is 18.8 Å². The number of benzene rings is 4. The van der Waals surface area contributed by atoms with Crippen molar-refractivity contribution in [1.29, 1.82) is 0 Å². The first-order chi connectivity index (χ1) is 19.1. The molecule has 0 bridgehead atoms. The average Bonchev–Trinajstić information content (AvgIpc) is 3.35. The third-order valence-corrected chi connectivity index (χ3v) is 7.22. The summed E-state index contributed by atoms with van der Waals surface area (Å²) in [7, 11) is 3.38. The number of methoxy groups -OCH3 is 2. The van der Waals surface area contributed by atoms with E-state index in [0.717, 1.165) is 53.5 Å². The minimum absolute atomic E-state index is 0.153. The van der Waals surface area contributed by atoms with Crippen LogP contribution in [0.4, 0.5) is 0 Å². The molecule has 5 rings (SSSR count). The smallest absolute Gasteiger partial charge is 0.161 e. The van der Waals surface area contributed by atoms with E-state index in [0.29, 0.717) is 6.61 Å². The molecular formula is C34H36N2O3. The molecule has 0 aliphatic carbocycles. The van der Waals surface area contributed by atoms with Crippen LogP contribution in [-0.2, 0) is 6.54 Å². The van der Waals surface area contributed by atoms with Gasteiger partial charge >= 0.3 is 0 Å². The number of ether oxygens (including phenoxy) is 3. The lowest BCUT2D eigenvalue weighted by Gasteiger charge is -2.16. The van der Waals surface area contributed by atoms with Gasteiger partial charge in [-0.05, 0) is 78.1 Å². The van der Waals surface area contributed by atoms with Gasteiger partial charge in [-0.25, -0.2) is 4.98 Å². The molecule has 0 aliphatic heterocycles. The Hall–Kier alpha value is -4.25. The van der Waals surface area contributed by atoms with Crippen LogP contribution in [0, 0.1) is 0 Å². The van der Waals surface area contributed by atoms with Crippen molar-refractivity contribution in [2.24, 2.45) is 0 Å². The van der Waals surface area contributed by atoms with Crippen molar-refractivity contribution < 1.29 is 14.2 Å². The number of nitrogens with zero attached hydrogens (tertiary/aromatic N) is 2. The van der Waals surface area contributed by atoms with Gasteiger partial charge in [-0.15, -0.1) is 0 Å². The number of aromatic nitrogens is 2. The Morgan fingerprint density at radius 2 is 1.67 bits per heavy atom. The minimum atomic E-state index is 0.153. The lowest BCUT2D eigenvalue weighted by atomic mass is 9.97. The maximum atomic E-state index is 6.09. The maximum absolute atomic E-state index is 6.09. The second-order valence-electron chi connectivity index (χ2n) is 9.77. The van der Waals surface area contributed by atoms with Gasteiger partial charge in [0.1, 0.15) is 11.6 Å². The van der Waals surface area contributed by atoms with E-state index in [2.05, 4.69) is 72.2 Å². The number of imidazole rings is 1. The van der Waals surface area contributed by atoms with Crippen LogP contribution in [0.3, 0.4) is 0 Å². The molecule has 5 heteroatoms. The standard InChI is InChI=1S/C34H36N2O3/c1-5-10-25-13-18-32(33(21-25)38-4)39-20-9-8-19-36-31-12-7-6-11-30(31)35-34(36)24(2)26-14-15-28-23-29(37-3)17-16-27(28)22-26/h5-7,10-18,21-24H,8-9,19-20H2,1-4H3/b10-5+. The summed E-state index contributed by atoms with van der Waals surface area (Å²) < 4.78 is 19.4. The van der Waals surface area contributed by atoms with E-state index in [-0.39, 0.29) is 5.92 Å². The molecule has 0 radical (unpaired) electrons. The molecule has 39 heavy (non-hydrogen) atoms. The number of unbranched alkanes of at least 4 members (excludes halogenated alkanes) is 1. The number of hydrogen-bond acceptors (Lipinski definition) is 4. The summed E-state index contributed by atoms with van der Waals surface area (Å²) in [4.78, 5) is 5.08. The molecular weight excluding hydrogens is 484 g/mol. The van der Waals surface area contributed by atoms with E-state index in [1.807, 2.05) is 37.3 Å². The molecule has 1 aromatic heterocycles. The van der Waals surface area contributed by atoms with Crippen molar-refractivity contribution in [3.63, 3.8) is 0 Å². The summed E-state index contributed by atoms with van der Waals surface area (Å²) in [5.74, 6) is 3.66. The van der Waals surface area contributed by atoms with Crippen molar-refractivity contribution in [3.05, 3.63) is 102 Å². The van der Waals surface area contributed by atoms with E-state index >= 15 is 0 Å². The Morgan fingerprint density at radius 1 is 0.846 bits per heavy atom. The Balaban J connectivity index is 1.30. The van der Waals surface area contributed by atoms with Crippen LogP contribution in [0.15, 0.2) is 84.9 Å². The Kier molecular flexibility index (Phi) is 8.16. The Morgan fingerprint density at radius 3 is 2.49 bits per heavy atom. The van der Waals surface area contributed by atoms with Gasteiger partial charge in [-0.2, -0.15) is 0 Å². The lowest BCUT2D eigenvalue weighted by molar-refractivity contribution is 0.283. The molecule has 0 fully saturated rings. The number of hydrogen-bond donors (Lipinski definition) is 0. The Labute approximate surface area is 230 Å². The topological polar surface area (TPSA) is 45.5 Å². The van der Waals surface area contributed by atoms with E-state index in [1.54, 1.807) is 14.2 Å². The van der Waals surface area contributed by atoms with E-state index in [4.69, 9.17) is 19.2 Å². The molecule has 0 N–H and O–H groups in total. The van der Waals surface area contributed by atoms with Crippen LogP contribution in [0.2, 0.25) is 0 Å². The van der Waals surface area contributed by atoms with Gasteiger partial charge in [0.15, 0.2) is 11.5 Å². The first kappa shape index (κ1) is 26.4. The average molecular weight is 521 g/mol. The SMILES string of the molecule is C/C=C/c1ccc(OCCCCn2c(C(C)c3ccc4cc(OC)ccc4c3)nc3ccccc32)c(OC)c1. The fraction of sp³-hybridized carbons (Fsp3) is 0.265. The molecule has 1 unspecified atom stereocenters. The van der Waals surface area contributed by atoms with Gasteiger partial charge in [0.2, 0.25) is 0 Å². The first-order valence-corrected chi connectivity index (χ1v) is 13.6. The van der Waals surface area contributed by atoms with Crippen LogP contribution in [0.25, 0.3) is 27.9 Å². The van der Waals surface area contributed by atoms with Gasteiger partial charge in [-0.3, -0.25) is 0 Å². The minimum Gasteiger partial charge on any atom is -0.497 e. The van der Waals surface area contributed by atoms with Gasteiger partial charge in [0, 0.05) is 12.5 Å². The van der Waals surface area contributed by atoms with Gasteiger partial charge in [0.05, 0.1) is 31.9 Å². The zero-order valence-corrected chi connectivity index (χ0v) is 23.2. The summed E-state index contributed by atoms with van der Waals surface area (Å²) in [5, 5.41) is 2.38. The molecule has 1 atom stereocenters. The molecule has 0 saturated heterocycles. The number of rotatable bonds is 11. The van der Waals surface area contributed by atoms with Crippen molar-refractivity contribution >= 4 is 27.9 Å². The molecule has 0 saturated carbocycles. The normalized spacial score (nSPS) is 12.3. The summed E-state index contributed by atoms with van der Waals surface area (Å²) in [6, 6.07) is 27.3. The molecule has 5 nitrogen and oxygen atoms in total. The zero-order chi connectivity index (χ0) is 27.2. The van der Waals surface area contributed by atoms with Crippen molar-refractivity contribution in [1.82, 2.24) is 9.55 Å². The summed E-state index contributed by atoms with van der Waals surface area (Å²) in [6.07, 6.45) is 5.98. The number of fused-ring (bicyclic) bond motifs is 2. The molecule has 200 valence electrons. The van der Waals surface area contributed by atoms with Crippen LogP contribution in [-0.4, -0.2) is 30.4 Å². The second kappa shape index (κ2) is 12.1. The van der Waals surface area contributed by atoms with Crippen molar-refractivity contribution in [3.8, 4) is 17.2 Å². The third-order valence-electron chi connectivity index (χ3n) is 7.22. The molecule has 0 aliphatic rings. The first-order valence-electron chi connectivity index (χ1n) is 13.6. The summed E-state index contributed by atoms with van der Waals surface area (Å²) in [6.45, 7) is 5.76. The Bertz CT molecular complexity index is 1600. The largest absolute Gasteiger partial charge is 0.497 e. The number of para-hydroxylation sites is 2. The molecule has 0 amide bonds. The van der Waals surface area contributed by atoms with Crippen molar-refractivity contribution in [2.45, 2.75) is 39.2 Å². The predicted octanol–water partition coefficient (Wildman–Crippen LogP) is 8.25. The quantitative estimate of drug-likeness (QED) is 0.165. The highest BCUT2D eigenvalue weighted by molar-refractivity contribution is 5.85. The number of allylic oxidation sites excluding steroid dienone is 1. The summed E-state index contributed by atoms with van der Waals surface area (Å²) >= 11 is 0. The predicted molar refractivity (Wildman–Crippen MR) is 160 cm³/mol. The second-order valence-corrected chi connectivity index (χ2v) is 9.77. The van der Waals surface area contributed by atoms with E-state index < -0.39 is 0 Å². The summed E-state index contributed by atoms with van der Waals surface area (Å²) in [5.41, 5.74) is 4.56. The fourth-order valence-corrected chi connectivity index (χ4v) is 5.10. The fourth-order valence-electron chi connectivity index (χ4n) is 5.10. The monoisotopic (exact) mass is 520 g/mol. The van der Waals surface area contributed by atoms with Gasteiger partial charge in [0.25, 0.3) is 0 Å². The van der Waals surface area contributed by atoms with Crippen LogP contribution in [0.5, 0.6) is 17.2 Å². The molecule has 5 aromatic rings. The highest BCUT2D eigenvalue weighted by Gasteiger charge is 2.18. The van der Waals surface area contributed by atoms with Crippen LogP contribution >= 0.6 is 0 Å². The molecule has 4 aromatic carbocycles. The number of aryl methyl sites for hydroxylation is 1. The highest BCUT2D eigenvalue weighted by atomic mass is 16.5. The molecule has 0 spiro atoms. The van der Waals surface area contributed by atoms with E-state index in [9.17, 15) is 0 Å². The van der Waals surface area contributed by atoms with Crippen LogP contribution < -0.4 is 14.2 Å². The molecule has 1 heterocycles. The highest BCUT2D eigenvalue weighted by Crippen LogP contribution is 2.31. The van der Waals surface area contributed by atoms with Crippen LogP contribution in [0.1, 0.15) is 49.6 Å².